The van der Waals surface area contributed by atoms with Crippen LogP contribution in [0.25, 0.3) is 0 Å². The van der Waals surface area contributed by atoms with Gasteiger partial charge in [0, 0.05) is 37.4 Å². The van der Waals surface area contributed by atoms with Crippen molar-refractivity contribution in [3.63, 3.8) is 0 Å². The van der Waals surface area contributed by atoms with Crippen LogP contribution in [0.15, 0.2) is 18.2 Å². The van der Waals surface area contributed by atoms with E-state index in [0.29, 0.717) is 37.2 Å². The second kappa shape index (κ2) is 7.52. The van der Waals surface area contributed by atoms with Crippen LogP contribution in [0.2, 0.25) is 0 Å². The Morgan fingerprint density at radius 2 is 2.22 bits per heavy atom. The van der Waals surface area contributed by atoms with Gasteiger partial charge in [0.1, 0.15) is 0 Å². The highest BCUT2D eigenvalue weighted by Gasteiger charge is 2.29. The number of nitro groups is 1. The van der Waals surface area contributed by atoms with E-state index in [1.54, 1.807) is 24.1 Å². The number of methoxy groups -OCH3 is 1. The molecule has 1 aromatic rings. The summed E-state index contributed by atoms with van der Waals surface area (Å²) in [6.07, 6.45) is 0.269. The van der Waals surface area contributed by atoms with Crippen molar-refractivity contribution in [3.8, 4) is 0 Å². The van der Waals surface area contributed by atoms with E-state index in [2.05, 4.69) is 0 Å². The Balaban J connectivity index is 2.22. The molecule has 23 heavy (non-hydrogen) atoms. The molecule has 1 heterocycles. The molecule has 0 N–H and O–H groups in total. The molecule has 7 nitrogen and oxygen atoms in total. The lowest BCUT2D eigenvalue weighted by atomic mass is 10.1. The van der Waals surface area contributed by atoms with E-state index in [1.165, 1.54) is 6.07 Å². The highest BCUT2D eigenvalue weighted by molar-refractivity contribution is 5.95. The zero-order valence-corrected chi connectivity index (χ0v) is 13.7. The van der Waals surface area contributed by atoms with Crippen molar-refractivity contribution in [2.24, 2.45) is 0 Å². The first-order chi connectivity index (χ1) is 11.0. The average molecular weight is 322 g/mol. The smallest absolute Gasteiger partial charge is 0.273 e. The molecule has 1 fully saturated rings. The largest absolute Gasteiger partial charge is 0.382 e. The number of carbonyl (C=O) groups is 1. The molecule has 0 bridgehead atoms. The Kier molecular flexibility index (Phi) is 5.68. The first-order valence-corrected chi connectivity index (χ1v) is 7.67. The summed E-state index contributed by atoms with van der Waals surface area (Å²) in [6, 6.07) is 4.67. The standard InChI is InChI=1S/C16H22N2O5/c1-4-12-5-6-13(7-15(12)18(20)21)16(19)17-8-11(2)23-14(9-17)10-22-3/h5-7,11,14H,4,8-10H2,1-3H3/t11-,14+/m0/s1. The van der Waals surface area contributed by atoms with E-state index in [0.717, 1.165) is 0 Å². The molecule has 1 aliphatic heterocycles. The normalized spacial score (nSPS) is 21.3. The lowest BCUT2D eigenvalue weighted by molar-refractivity contribution is -0.385. The maximum absolute atomic E-state index is 12.7. The number of rotatable bonds is 5. The van der Waals surface area contributed by atoms with Crippen LogP contribution < -0.4 is 0 Å². The van der Waals surface area contributed by atoms with Crippen LogP contribution >= 0.6 is 0 Å². The number of nitrogens with zero attached hydrogens (tertiary/aromatic N) is 2. The van der Waals surface area contributed by atoms with E-state index in [4.69, 9.17) is 9.47 Å². The van der Waals surface area contributed by atoms with Crippen molar-refractivity contribution < 1.29 is 19.2 Å². The van der Waals surface area contributed by atoms with E-state index in [-0.39, 0.29) is 23.8 Å². The summed E-state index contributed by atoms with van der Waals surface area (Å²) in [6.45, 7) is 5.03. The molecule has 0 aromatic heterocycles. The Labute approximate surface area is 135 Å². The fourth-order valence-electron chi connectivity index (χ4n) is 2.84. The van der Waals surface area contributed by atoms with E-state index < -0.39 is 4.92 Å². The summed E-state index contributed by atoms with van der Waals surface area (Å²) in [5.74, 6) is -0.216. The van der Waals surface area contributed by atoms with Crippen LogP contribution in [-0.2, 0) is 15.9 Å². The fraction of sp³-hybridized carbons (Fsp3) is 0.562. The molecule has 2 rings (SSSR count). The molecule has 2 atom stereocenters. The predicted molar refractivity (Wildman–Crippen MR) is 84.6 cm³/mol. The van der Waals surface area contributed by atoms with Gasteiger partial charge in [-0.15, -0.1) is 0 Å². The molecule has 0 aliphatic carbocycles. The third kappa shape index (κ3) is 4.05. The fourth-order valence-corrected chi connectivity index (χ4v) is 2.84. The van der Waals surface area contributed by atoms with Crippen LogP contribution in [0.1, 0.15) is 29.8 Å². The number of aryl methyl sites for hydroxylation is 1. The summed E-state index contributed by atoms with van der Waals surface area (Å²) in [5, 5.41) is 11.2. The molecule has 0 saturated carbocycles. The topological polar surface area (TPSA) is 81.9 Å². The van der Waals surface area contributed by atoms with Crippen molar-refractivity contribution in [2.75, 3.05) is 26.8 Å². The molecule has 0 spiro atoms. The molecule has 0 unspecified atom stereocenters. The molecule has 126 valence electrons. The molecular formula is C16H22N2O5. The van der Waals surface area contributed by atoms with E-state index in [9.17, 15) is 14.9 Å². The molecule has 1 aliphatic rings. The summed E-state index contributed by atoms with van der Waals surface area (Å²) in [7, 11) is 1.58. The number of hydrogen-bond acceptors (Lipinski definition) is 5. The minimum absolute atomic E-state index is 0.00639. The van der Waals surface area contributed by atoms with Gasteiger partial charge in [-0.25, -0.2) is 0 Å². The number of benzene rings is 1. The first-order valence-electron chi connectivity index (χ1n) is 7.67. The van der Waals surface area contributed by atoms with Gasteiger partial charge < -0.3 is 14.4 Å². The number of hydrogen-bond donors (Lipinski definition) is 0. The first kappa shape index (κ1) is 17.4. The third-order valence-corrected chi connectivity index (χ3v) is 3.88. The van der Waals surface area contributed by atoms with Gasteiger partial charge in [0.25, 0.3) is 11.6 Å². The van der Waals surface area contributed by atoms with Crippen LogP contribution in [0.5, 0.6) is 0 Å². The van der Waals surface area contributed by atoms with Crippen molar-refractivity contribution >= 4 is 11.6 Å². The van der Waals surface area contributed by atoms with Gasteiger partial charge in [0.2, 0.25) is 0 Å². The highest BCUT2D eigenvalue weighted by atomic mass is 16.6. The van der Waals surface area contributed by atoms with Gasteiger partial charge >= 0.3 is 0 Å². The number of amides is 1. The van der Waals surface area contributed by atoms with Crippen LogP contribution in [0.4, 0.5) is 5.69 Å². The van der Waals surface area contributed by atoms with Crippen molar-refractivity contribution in [1.82, 2.24) is 4.90 Å². The SMILES string of the molecule is CCc1ccc(C(=O)N2C[C@H](COC)O[C@@H](C)C2)cc1[N+](=O)[O-]. The van der Waals surface area contributed by atoms with Crippen molar-refractivity contribution in [3.05, 3.63) is 39.4 Å². The van der Waals surface area contributed by atoms with Crippen molar-refractivity contribution in [2.45, 2.75) is 32.5 Å². The Morgan fingerprint density at radius 1 is 1.48 bits per heavy atom. The third-order valence-electron chi connectivity index (χ3n) is 3.88. The van der Waals surface area contributed by atoms with Gasteiger partial charge in [-0.3, -0.25) is 14.9 Å². The summed E-state index contributed by atoms with van der Waals surface area (Å²) in [5.41, 5.74) is 0.950. The summed E-state index contributed by atoms with van der Waals surface area (Å²) >= 11 is 0. The quantitative estimate of drug-likeness (QED) is 0.612. The van der Waals surface area contributed by atoms with Gasteiger partial charge in [-0.1, -0.05) is 13.0 Å². The van der Waals surface area contributed by atoms with Crippen LogP contribution in [0, 0.1) is 10.1 Å². The zero-order chi connectivity index (χ0) is 17.0. The molecular weight excluding hydrogens is 300 g/mol. The Bertz CT molecular complexity index is 590. The molecule has 1 amide bonds. The molecule has 0 radical (unpaired) electrons. The van der Waals surface area contributed by atoms with E-state index in [1.807, 2.05) is 13.8 Å². The Morgan fingerprint density at radius 3 is 2.83 bits per heavy atom. The van der Waals surface area contributed by atoms with Crippen LogP contribution in [-0.4, -0.2) is 54.7 Å². The minimum Gasteiger partial charge on any atom is -0.382 e. The van der Waals surface area contributed by atoms with Gasteiger partial charge in [-0.05, 0) is 19.4 Å². The van der Waals surface area contributed by atoms with Crippen LogP contribution in [0.3, 0.4) is 0 Å². The average Bonchev–Trinajstić information content (AvgIpc) is 2.53. The monoisotopic (exact) mass is 322 g/mol. The number of ether oxygens (including phenoxy) is 2. The summed E-state index contributed by atoms with van der Waals surface area (Å²) in [4.78, 5) is 25.1. The lowest BCUT2D eigenvalue weighted by Gasteiger charge is -2.36. The highest BCUT2D eigenvalue weighted by Crippen LogP contribution is 2.23. The van der Waals surface area contributed by atoms with Gasteiger partial charge in [0.05, 0.1) is 23.7 Å². The minimum atomic E-state index is -0.439. The maximum Gasteiger partial charge on any atom is 0.273 e. The molecule has 1 saturated heterocycles. The van der Waals surface area contributed by atoms with Gasteiger partial charge in [-0.2, -0.15) is 0 Å². The Hall–Kier alpha value is -1.99. The zero-order valence-electron chi connectivity index (χ0n) is 13.7. The maximum atomic E-state index is 12.7. The number of carbonyl (C=O) groups excluding carboxylic acids is 1. The lowest BCUT2D eigenvalue weighted by Crippen LogP contribution is -2.50. The van der Waals surface area contributed by atoms with E-state index >= 15 is 0 Å². The van der Waals surface area contributed by atoms with Gasteiger partial charge in [0.15, 0.2) is 0 Å². The number of nitro benzene ring substituents is 1. The second-order valence-corrected chi connectivity index (χ2v) is 5.69. The summed E-state index contributed by atoms with van der Waals surface area (Å²) < 4.78 is 10.8. The van der Waals surface area contributed by atoms with Crippen molar-refractivity contribution in [1.29, 1.82) is 0 Å². The second-order valence-electron chi connectivity index (χ2n) is 5.69. The predicted octanol–water partition coefficient (Wildman–Crippen LogP) is 2.03. The molecule has 7 heteroatoms. The molecule has 1 aromatic carbocycles. The number of morpholine rings is 1.